The molecule has 3 saturated carbocycles. The average molecular weight is 632 g/mol. The summed E-state index contributed by atoms with van der Waals surface area (Å²) in [6.07, 6.45) is 6.78. The normalized spacial score (nSPS) is 44.0. The molecule has 258 valence electrons. The fraction of sp³-hybridized carbons (Fsp3) is 0.895. The van der Waals surface area contributed by atoms with Crippen molar-refractivity contribution in [2.45, 2.75) is 113 Å². The van der Waals surface area contributed by atoms with E-state index in [9.17, 15) is 14.7 Å². The maximum atomic E-state index is 14.8. The second-order valence-electron chi connectivity index (χ2n) is 17.2. The van der Waals surface area contributed by atoms with Crippen molar-refractivity contribution in [2.75, 3.05) is 47.6 Å². The average Bonchev–Trinajstić information content (AvgIpc) is 3.03. The van der Waals surface area contributed by atoms with Crippen molar-refractivity contribution >= 4 is 11.8 Å². The van der Waals surface area contributed by atoms with Crippen LogP contribution in [0, 0.1) is 56.7 Å². The number of esters is 1. The predicted molar refractivity (Wildman–Crippen MR) is 179 cm³/mol. The minimum atomic E-state index is -0.645. The summed E-state index contributed by atoms with van der Waals surface area (Å²) >= 11 is 0. The van der Waals surface area contributed by atoms with E-state index >= 15 is 0 Å². The zero-order valence-electron chi connectivity index (χ0n) is 30.6. The van der Waals surface area contributed by atoms with Crippen molar-refractivity contribution in [3.05, 3.63) is 11.6 Å². The van der Waals surface area contributed by atoms with Gasteiger partial charge in [-0.3, -0.25) is 9.59 Å². The van der Waals surface area contributed by atoms with Crippen molar-refractivity contribution < 1.29 is 28.9 Å². The molecule has 0 saturated heterocycles. The van der Waals surface area contributed by atoms with Gasteiger partial charge < -0.3 is 24.2 Å². The number of hydrogen-bond donors (Lipinski definition) is 1. The summed E-state index contributed by atoms with van der Waals surface area (Å²) in [7, 11) is 5.82. The number of aliphatic hydroxyl groups excluding tert-OH is 1. The van der Waals surface area contributed by atoms with Crippen LogP contribution in [0.5, 0.6) is 0 Å². The molecule has 0 amide bonds. The third kappa shape index (κ3) is 5.68. The fourth-order valence-corrected chi connectivity index (χ4v) is 11.4. The molecule has 7 heteroatoms. The van der Waals surface area contributed by atoms with Gasteiger partial charge in [-0.1, -0.05) is 61.0 Å². The molecule has 4 aliphatic rings. The number of carbonyl (C=O) groups is 2. The SMILES string of the molecule is COC[C@]1(C)[C@@H](OCCN(C)C)[C@H](OC(C)=O)CC[C@]2(C)C3=CC(=O)[C@@]4(C)[C@H](CO)[C@@](C)([C@H](C)C(C)C)CC[C@]4(C)[C@H]3CC[C@@H]12. The number of nitrogens with zero attached hydrogens (tertiary/aromatic N) is 1. The Morgan fingerprint density at radius 3 is 2.27 bits per heavy atom. The van der Waals surface area contributed by atoms with E-state index in [1.165, 1.54) is 12.5 Å². The fourth-order valence-electron chi connectivity index (χ4n) is 11.4. The Morgan fingerprint density at radius 1 is 1.04 bits per heavy atom. The first-order valence-corrected chi connectivity index (χ1v) is 17.7. The molecule has 0 aliphatic heterocycles. The van der Waals surface area contributed by atoms with Gasteiger partial charge in [0.2, 0.25) is 0 Å². The summed E-state index contributed by atoms with van der Waals surface area (Å²) in [5.41, 5.74) is -0.463. The Kier molecular flexibility index (Phi) is 10.5. The maximum Gasteiger partial charge on any atom is 0.302 e. The van der Waals surface area contributed by atoms with E-state index in [1.54, 1.807) is 7.11 Å². The van der Waals surface area contributed by atoms with Crippen molar-refractivity contribution in [2.24, 2.45) is 56.7 Å². The zero-order chi connectivity index (χ0) is 33.8. The Labute approximate surface area is 274 Å². The monoisotopic (exact) mass is 631 g/mol. The Bertz CT molecular complexity index is 1140. The molecule has 0 heterocycles. The second-order valence-corrected chi connectivity index (χ2v) is 17.2. The molecule has 0 unspecified atom stereocenters. The summed E-state index contributed by atoms with van der Waals surface area (Å²) in [5.74, 6) is 1.08. The van der Waals surface area contributed by atoms with E-state index in [1.807, 2.05) is 20.2 Å². The molecular formula is C38H65NO6. The Balaban J connectivity index is 1.84. The largest absolute Gasteiger partial charge is 0.460 e. The van der Waals surface area contributed by atoms with Gasteiger partial charge in [-0.2, -0.15) is 0 Å². The minimum Gasteiger partial charge on any atom is -0.460 e. The molecule has 4 rings (SSSR count). The Morgan fingerprint density at radius 2 is 1.71 bits per heavy atom. The van der Waals surface area contributed by atoms with Crippen LogP contribution in [-0.4, -0.2) is 81.5 Å². The topological polar surface area (TPSA) is 85.3 Å². The summed E-state index contributed by atoms with van der Waals surface area (Å²) in [4.78, 5) is 29.4. The van der Waals surface area contributed by atoms with Gasteiger partial charge in [-0.15, -0.1) is 0 Å². The van der Waals surface area contributed by atoms with Gasteiger partial charge in [0.15, 0.2) is 5.78 Å². The number of ketones is 1. The van der Waals surface area contributed by atoms with Crippen LogP contribution in [0.2, 0.25) is 0 Å². The minimum absolute atomic E-state index is 0.0309. The van der Waals surface area contributed by atoms with Crippen LogP contribution in [0.1, 0.15) is 101 Å². The van der Waals surface area contributed by atoms with E-state index in [0.29, 0.717) is 31.5 Å². The molecule has 0 aromatic carbocycles. The standard InChI is InChI=1S/C38H65NO6/c1-24(2)25(3)34(5)17-18-37(8)27-13-14-30-35(6,28(27)21-32(42)38(37,9)31(34)22-40)16-15-29(45-26(4)41)33(36(30,7)23-43-12)44-20-19-39(10)11/h21,24-25,27,29-31,33,40H,13-20,22-23H2,1-12H3/t25-,27+,29-,30-,31-,33+,34-,35-,36+,37-,38-/m1/s1. The first-order valence-electron chi connectivity index (χ1n) is 17.7. The zero-order valence-corrected chi connectivity index (χ0v) is 30.6. The highest BCUT2D eigenvalue weighted by atomic mass is 16.6. The molecule has 4 aliphatic carbocycles. The highest BCUT2D eigenvalue weighted by molar-refractivity contribution is 5.98. The van der Waals surface area contributed by atoms with E-state index in [-0.39, 0.29) is 58.5 Å². The number of fused-ring (bicyclic) bond motifs is 5. The first-order chi connectivity index (χ1) is 20.9. The molecule has 1 N–H and O–H groups in total. The molecule has 0 radical (unpaired) electrons. The number of rotatable bonds is 10. The molecule has 0 bridgehead atoms. The summed E-state index contributed by atoms with van der Waals surface area (Å²) in [6, 6.07) is 0. The van der Waals surface area contributed by atoms with Gasteiger partial charge in [0.05, 0.1) is 13.2 Å². The van der Waals surface area contributed by atoms with Crippen LogP contribution in [0.25, 0.3) is 0 Å². The summed E-state index contributed by atoms with van der Waals surface area (Å²) in [6.45, 7) is 21.7. The molecule has 0 aromatic rings. The Hall–Kier alpha value is -1.28. The third-order valence-electron chi connectivity index (χ3n) is 14.5. The number of aliphatic hydroxyl groups is 1. The molecule has 0 aromatic heterocycles. The predicted octanol–water partition coefficient (Wildman–Crippen LogP) is 6.57. The van der Waals surface area contributed by atoms with Crippen LogP contribution in [0.3, 0.4) is 0 Å². The van der Waals surface area contributed by atoms with E-state index in [2.05, 4.69) is 60.3 Å². The molecule has 3 fully saturated rings. The van der Waals surface area contributed by atoms with E-state index < -0.39 is 16.9 Å². The van der Waals surface area contributed by atoms with Gasteiger partial charge in [-0.25, -0.2) is 0 Å². The quantitative estimate of drug-likeness (QED) is 0.273. The maximum absolute atomic E-state index is 14.8. The molecule has 7 nitrogen and oxygen atoms in total. The number of ether oxygens (including phenoxy) is 3. The van der Waals surface area contributed by atoms with Crippen LogP contribution in [0.15, 0.2) is 11.6 Å². The summed E-state index contributed by atoms with van der Waals surface area (Å²) < 4.78 is 18.7. The number of likely N-dealkylation sites (N-methyl/N-ethyl adjacent to an activating group) is 1. The van der Waals surface area contributed by atoms with Gasteiger partial charge in [0.1, 0.15) is 12.2 Å². The van der Waals surface area contributed by atoms with Crippen LogP contribution < -0.4 is 0 Å². The highest BCUT2D eigenvalue weighted by Gasteiger charge is 2.70. The lowest BCUT2D eigenvalue weighted by Gasteiger charge is -2.68. The van der Waals surface area contributed by atoms with Crippen molar-refractivity contribution in [3.63, 3.8) is 0 Å². The van der Waals surface area contributed by atoms with Crippen molar-refractivity contribution in [1.82, 2.24) is 4.90 Å². The van der Waals surface area contributed by atoms with Gasteiger partial charge >= 0.3 is 5.97 Å². The van der Waals surface area contributed by atoms with Gasteiger partial charge in [0.25, 0.3) is 0 Å². The number of methoxy groups -OCH3 is 1. The van der Waals surface area contributed by atoms with Crippen molar-refractivity contribution in [3.8, 4) is 0 Å². The highest BCUT2D eigenvalue weighted by Crippen LogP contribution is 2.73. The third-order valence-corrected chi connectivity index (χ3v) is 14.5. The van der Waals surface area contributed by atoms with Gasteiger partial charge in [0, 0.05) is 43.9 Å². The second kappa shape index (κ2) is 13.0. The lowest BCUT2D eigenvalue weighted by atomic mass is 9.35. The smallest absolute Gasteiger partial charge is 0.302 e. The van der Waals surface area contributed by atoms with E-state index in [0.717, 1.165) is 38.6 Å². The van der Waals surface area contributed by atoms with E-state index in [4.69, 9.17) is 14.2 Å². The first kappa shape index (κ1) is 36.6. The van der Waals surface area contributed by atoms with Crippen molar-refractivity contribution in [1.29, 1.82) is 0 Å². The number of carbonyl (C=O) groups excluding carboxylic acids is 2. The van der Waals surface area contributed by atoms with Crippen LogP contribution in [-0.2, 0) is 23.8 Å². The molecule has 0 spiro atoms. The number of hydrogen-bond acceptors (Lipinski definition) is 7. The molecule has 45 heavy (non-hydrogen) atoms. The summed E-state index contributed by atoms with van der Waals surface area (Å²) in [5, 5.41) is 11.1. The van der Waals surface area contributed by atoms with Gasteiger partial charge in [-0.05, 0) is 98.6 Å². The van der Waals surface area contributed by atoms with Crippen LogP contribution >= 0.6 is 0 Å². The lowest BCUT2D eigenvalue weighted by molar-refractivity contribution is -0.194. The molecule has 11 atom stereocenters. The molecular weight excluding hydrogens is 566 g/mol. The lowest BCUT2D eigenvalue weighted by Crippen LogP contribution is -2.66. The van der Waals surface area contributed by atoms with Crippen LogP contribution in [0.4, 0.5) is 0 Å². The number of allylic oxidation sites excluding steroid dienone is 2.